The van der Waals surface area contributed by atoms with Crippen molar-refractivity contribution < 1.29 is 13.2 Å². The number of hydrogen-bond donors (Lipinski definition) is 1. The standard InChI is InChI=1S/C13H21F3N4/c1-6-20(8-13(14,15)16)10-7-9(17-5)18-11(19-10)12(2,3)4/h7H,6,8H2,1-5H3,(H,17,18,19). The highest BCUT2D eigenvalue weighted by atomic mass is 19.4. The molecule has 0 aliphatic rings. The molecule has 0 radical (unpaired) electrons. The second kappa shape index (κ2) is 5.85. The van der Waals surface area contributed by atoms with Gasteiger partial charge in [0.2, 0.25) is 0 Å². The SMILES string of the molecule is CCN(CC(F)(F)F)c1cc(NC)nc(C(C)(C)C)n1. The van der Waals surface area contributed by atoms with Gasteiger partial charge in [0.05, 0.1) is 0 Å². The summed E-state index contributed by atoms with van der Waals surface area (Å²) in [5, 5.41) is 2.86. The van der Waals surface area contributed by atoms with Gasteiger partial charge in [-0.05, 0) is 6.92 Å². The van der Waals surface area contributed by atoms with Gasteiger partial charge in [-0.15, -0.1) is 0 Å². The second-order valence-corrected chi connectivity index (χ2v) is 5.56. The Morgan fingerprint density at radius 1 is 1.20 bits per heavy atom. The van der Waals surface area contributed by atoms with E-state index in [9.17, 15) is 13.2 Å². The number of nitrogens with zero attached hydrogens (tertiary/aromatic N) is 3. The fourth-order valence-electron chi connectivity index (χ4n) is 1.63. The molecule has 0 saturated carbocycles. The lowest BCUT2D eigenvalue weighted by molar-refractivity contribution is -0.119. The Morgan fingerprint density at radius 2 is 1.80 bits per heavy atom. The summed E-state index contributed by atoms with van der Waals surface area (Å²) < 4.78 is 37.8. The first-order valence-electron chi connectivity index (χ1n) is 6.46. The molecule has 114 valence electrons. The van der Waals surface area contributed by atoms with Crippen LogP contribution in [0.3, 0.4) is 0 Å². The molecule has 0 amide bonds. The van der Waals surface area contributed by atoms with Gasteiger partial charge >= 0.3 is 6.18 Å². The zero-order chi connectivity index (χ0) is 15.6. The summed E-state index contributed by atoms with van der Waals surface area (Å²) in [5.41, 5.74) is -0.334. The molecule has 0 aliphatic carbocycles. The fraction of sp³-hybridized carbons (Fsp3) is 0.692. The molecule has 1 aromatic heterocycles. The summed E-state index contributed by atoms with van der Waals surface area (Å²) in [5.74, 6) is 1.31. The van der Waals surface area contributed by atoms with E-state index in [-0.39, 0.29) is 17.8 Å². The Kier molecular flexibility index (Phi) is 4.83. The van der Waals surface area contributed by atoms with Gasteiger partial charge in [0, 0.05) is 25.1 Å². The fourth-order valence-corrected chi connectivity index (χ4v) is 1.63. The zero-order valence-corrected chi connectivity index (χ0v) is 12.5. The lowest BCUT2D eigenvalue weighted by Gasteiger charge is -2.26. The molecular weight excluding hydrogens is 269 g/mol. The Hall–Kier alpha value is -1.53. The molecule has 0 saturated heterocycles. The second-order valence-electron chi connectivity index (χ2n) is 5.56. The van der Waals surface area contributed by atoms with Gasteiger partial charge in [0.25, 0.3) is 0 Å². The molecule has 0 aromatic carbocycles. The van der Waals surface area contributed by atoms with Gasteiger partial charge in [-0.25, -0.2) is 9.97 Å². The molecule has 1 heterocycles. The van der Waals surface area contributed by atoms with Crippen molar-refractivity contribution in [3.05, 3.63) is 11.9 Å². The van der Waals surface area contributed by atoms with Gasteiger partial charge in [-0.2, -0.15) is 13.2 Å². The summed E-state index contributed by atoms with van der Waals surface area (Å²) in [6, 6.07) is 1.53. The quantitative estimate of drug-likeness (QED) is 0.924. The van der Waals surface area contributed by atoms with E-state index in [0.717, 1.165) is 0 Å². The minimum Gasteiger partial charge on any atom is -0.373 e. The van der Waals surface area contributed by atoms with Crippen LogP contribution in [-0.4, -0.2) is 36.3 Å². The average molecular weight is 290 g/mol. The van der Waals surface area contributed by atoms with Crippen LogP contribution < -0.4 is 10.2 Å². The van der Waals surface area contributed by atoms with E-state index in [4.69, 9.17) is 0 Å². The number of alkyl halides is 3. The van der Waals surface area contributed by atoms with Crippen LogP contribution in [0.5, 0.6) is 0 Å². The van der Waals surface area contributed by atoms with Gasteiger partial charge in [-0.1, -0.05) is 20.8 Å². The van der Waals surface area contributed by atoms with E-state index >= 15 is 0 Å². The molecule has 0 atom stereocenters. The van der Waals surface area contributed by atoms with Gasteiger partial charge in [0.15, 0.2) is 0 Å². The van der Waals surface area contributed by atoms with Crippen LogP contribution in [0.2, 0.25) is 0 Å². The third-order valence-corrected chi connectivity index (χ3v) is 2.72. The molecule has 0 unspecified atom stereocenters. The van der Waals surface area contributed by atoms with E-state index in [2.05, 4.69) is 15.3 Å². The van der Waals surface area contributed by atoms with Gasteiger partial charge < -0.3 is 10.2 Å². The predicted octanol–water partition coefficient (Wildman–Crippen LogP) is 3.20. The molecule has 1 rings (SSSR count). The Bertz CT molecular complexity index is 452. The molecule has 1 aromatic rings. The maximum atomic E-state index is 12.6. The maximum absolute atomic E-state index is 12.6. The zero-order valence-electron chi connectivity index (χ0n) is 12.5. The smallest absolute Gasteiger partial charge is 0.373 e. The van der Waals surface area contributed by atoms with Crippen LogP contribution in [-0.2, 0) is 5.41 Å². The summed E-state index contributed by atoms with van der Waals surface area (Å²) in [7, 11) is 1.68. The topological polar surface area (TPSA) is 41.0 Å². The van der Waals surface area contributed by atoms with Crippen LogP contribution >= 0.6 is 0 Å². The van der Waals surface area contributed by atoms with Crippen molar-refractivity contribution in [2.24, 2.45) is 0 Å². The predicted molar refractivity (Wildman–Crippen MR) is 74.2 cm³/mol. The van der Waals surface area contributed by atoms with Crippen molar-refractivity contribution in [3.8, 4) is 0 Å². The maximum Gasteiger partial charge on any atom is 0.405 e. The first-order chi connectivity index (χ1) is 9.06. The summed E-state index contributed by atoms with van der Waals surface area (Å²) in [6.07, 6.45) is -4.26. The van der Waals surface area contributed by atoms with Crippen LogP contribution in [0.15, 0.2) is 6.07 Å². The lowest BCUT2D eigenvalue weighted by Crippen LogP contribution is -2.35. The highest BCUT2D eigenvalue weighted by molar-refractivity contribution is 5.49. The molecular formula is C13H21F3N4. The lowest BCUT2D eigenvalue weighted by atomic mass is 9.96. The van der Waals surface area contributed by atoms with Crippen molar-refractivity contribution in [1.29, 1.82) is 0 Å². The third-order valence-electron chi connectivity index (χ3n) is 2.72. The van der Waals surface area contributed by atoms with Crippen LogP contribution in [0.1, 0.15) is 33.5 Å². The van der Waals surface area contributed by atoms with E-state index in [1.54, 1.807) is 14.0 Å². The Morgan fingerprint density at radius 3 is 2.20 bits per heavy atom. The monoisotopic (exact) mass is 290 g/mol. The average Bonchev–Trinajstić information content (AvgIpc) is 2.33. The van der Waals surface area contributed by atoms with Crippen molar-refractivity contribution in [3.63, 3.8) is 0 Å². The van der Waals surface area contributed by atoms with Crippen molar-refractivity contribution >= 4 is 11.6 Å². The number of rotatable bonds is 4. The molecule has 1 N–H and O–H groups in total. The molecule has 0 fully saturated rings. The number of halogens is 3. The minimum absolute atomic E-state index is 0.225. The van der Waals surface area contributed by atoms with Crippen LogP contribution in [0.4, 0.5) is 24.8 Å². The summed E-state index contributed by atoms with van der Waals surface area (Å²) in [4.78, 5) is 9.78. The highest BCUT2D eigenvalue weighted by Gasteiger charge is 2.31. The van der Waals surface area contributed by atoms with E-state index in [1.165, 1.54) is 11.0 Å². The number of aromatic nitrogens is 2. The Balaban J connectivity index is 3.21. The van der Waals surface area contributed by atoms with Crippen molar-refractivity contribution in [1.82, 2.24) is 9.97 Å². The highest BCUT2D eigenvalue weighted by Crippen LogP contribution is 2.26. The molecule has 4 nitrogen and oxygen atoms in total. The van der Waals surface area contributed by atoms with E-state index < -0.39 is 12.7 Å². The summed E-state index contributed by atoms with van der Waals surface area (Å²) in [6.45, 7) is 6.64. The number of nitrogens with one attached hydrogen (secondary N) is 1. The van der Waals surface area contributed by atoms with Crippen molar-refractivity contribution in [2.45, 2.75) is 39.3 Å². The third kappa shape index (κ3) is 4.54. The van der Waals surface area contributed by atoms with E-state index in [1.807, 2.05) is 20.8 Å². The van der Waals surface area contributed by atoms with Crippen LogP contribution in [0.25, 0.3) is 0 Å². The van der Waals surface area contributed by atoms with Crippen molar-refractivity contribution in [2.75, 3.05) is 30.4 Å². The van der Waals surface area contributed by atoms with Gasteiger partial charge in [0.1, 0.15) is 24.0 Å². The normalized spacial score (nSPS) is 12.4. The Labute approximate surface area is 117 Å². The summed E-state index contributed by atoms with van der Waals surface area (Å²) >= 11 is 0. The largest absolute Gasteiger partial charge is 0.405 e. The number of hydrogen-bond acceptors (Lipinski definition) is 4. The first kappa shape index (κ1) is 16.5. The molecule has 0 bridgehead atoms. The van der Waals surface area contributed by atoms with Gasteiger partial charge in [-0.3, -0.25) is 0 Å². The van der Waals surface area contributed by atoms with E-state index in [0.29, 0.717) is 11.6 Å². The van der Waals surface area contributed by atoms with Crippen LogP contribution in [0, 0.1) is 0 Å². The molecule has 20 heavy (non-hydrogen) atoms. The molecule has 7 heteroatoms. The minimum atomic E-state index is -4.26. The first-order valence-corrected chi connectivity index (χ1v) is 6.46. The molecule has 0 spiro atoms. The molecule has 0 aliphatic heterocycles. The number of anilines is 2.